The molecule has 0 aliphatic carbocycles. The van der Waals surface area contributed by atoms with Crippen molar-refractivity contribution in [3.63, 3.8) is 0 Å². The molecule has 118 valence electrons. The summed E-state index contributed by atoms with van der Waals surface area (Å²) in [5, 5.41) is 0. The van der Waals surface area contributed by atoms with Crippen molar-refractivity contribution in [2.45, 2.75) is 23.8 Å². The third-order valence-corrected chi connectivity index (χ3v) is 3.88. The van der Waals surface area contributed by atoms with E-state index in [0.29, 0.717) is 0 Å². The van der Waals surface area contributed by atoms with Crippen LogP contribution in [0.15, 0.2) is 35.2 Å². The lowest BCUT2D eigenvalue weighted by Gasteiger charge is -2.09. The second-order valence-electron chi connectivity index (χ2n) is 4.01. The Morgan fingerprint density at radius 1 is 1.29 bits per heavy atom. The van der Waals surface area contributed by atoms with Crippen LogP contribution >= 0.6 is 12.4 Å². The third-order valence-electron chi connectivity index (χ3n) is 2.49. The molecule has 1 unspecified atom stereocenters. The quantitative estimate of drug-likeness (QED) is 0.717. The number of ether oxygens (including phenoxy) is 1. The number of methoxy groups -OCH3 is 1. The summed E-state index contributed by atoms with van der Waals surface area (Å²) in [6.45, 7) is 0. The van der Waals surface area contributed by atoms with Crippen molar-refractivity contribution >= 4 is 34.3 Å². The average molecular weight is 337 g/mol. The maximum Gasteiger partial charge on any atom is 0.322 e. The van der Waals surface area contributed by atoms with Crippen molar-refractivity contribution in [1.82, 2.24) is 4.72 Å². The zero-order valence-corrected chi connectivity index (χ0v) is 12.9. The molecule has 0 aromatic heterocycles. The van der Waals surface area contributed by atoms with E-state index < -0.39 is 27.9 Å². The summed E-state index contributed by atoms with van der Waals surface area (Å²) < 4.78 is 30.0. The fraction of sp³-hybridized carbons (Fsp3) is 0.333. The molecule has 1 rings (SSSR count). The number of nitrogens with two attached hydrogens (primary N) is 1. The third kappa shape index (κ3) is 6.11. The van der Waals surface area contributed by atoms with Crippen LogP contribution in [-0.4, -0.2) is 33.4 Å². The second kappa shape index (κ2) is 8.60. The standard InChI is InChI=1S/C12H16N2O5S.ClH/c1-19-12(16)10(13)7-8-11(15)14-20(17,18)9-5-3-2-4-6-9;/h2-6,10H,7-8,13H2,1H3,(H,14,15);1H. The fourth-order valence-electron chi connectivity index (χ4n) is 1.42. The minimum Gasteiger partial charge on any atom is -0.468 e. The predicted octanol–water partition coefficient (Wildman–Crippen LogP) is 0.194. The maximum atomic E-state index is 11.8. The number of hydrogen-bond acceptors (Lipinski definition) is 6. The van der Waals surface area contributed by atoms with Crippen LogP contribution in [-0.2, 0) is 24.3 Å². The molecule has 0 saturated heterocycles. The summed E-state index contributed by atoms with van der Waals surface area (Å²) in [6, 6.07) is 6.55. The van der Waals surface area contributed by atoms with E-state index in [1.165, 1.54) is 19.2 Å². The van der Waals surface area contributed by atoms with Gasteiger partial charge in [-0.25, -0.2) is 13.1 Å². The molecule has 7 nitrogen and oxygen atoms in total. The molecule has 9 heteroatoms. The number of nitrogens with one attached hydrogen (secondary N) is 1. The number of amides is 1. The summed E-state index contributed by atoms with van der Waals surface area (Å²) in [6.07, 6.45) is -0.189. The maximum absolute atomic E-state index is 11.8. The molecular formula is C12H17ClN2O5S. The van der Waals surface area contributed by atoms with Crippen LogP contribution in [0.3, 0.4) is 0 Å². The Bertz CT molecular complexity index is 577. The van der Waals surface area contributed by atoms with Gasteiger partial charge >= 0.3 is 5.97 Å². The van der Waals surface area contributed by atoms with Gasteiger partial charge in [0.25, 0.3) is 10.0 Å². The highest BCUT2D eigenvalue weighted by Crippen LogP contribution is 2.07. The first-order chi connectivity index (χ1) is 9.36. The van der Waals surface area contributed by atoms with Gasteiger partial charge < -0.3 is 10.5 Å². The van der Waals surface area contributed by atoms with E-state index in [1.54, 1.807) is 18.2 Å². The summed E-state index contributed by atoms with van der Waals surface area (Å²) >= 11 is 0. The minimum absolute atomic E-state index is 0. The molecule has 0 bridgehead atoms. The van der Waals surface area contributed by atoms with Crippen LogP contribution in [0, 0.1) is 0 Å². The Balaban J connectivity index is 0.00000400. The molecule has 1 aromatic rings. The van der Waals surface area contributed by atoms with Gasteiger partial charge in [0, 0.05) is 6.42 Å². The smallest absolute Gasteiger partial charge is 0.322 e. The van der Waals surface area contributed by atoms with Crippen molar-refractivity contribution in [3.8, 4) is 0 Å². The van der Waals surface area contributed by atoms with E-state index in [0.717, 1.165) is 0 Å². The van der Waals surface area contributed by atoms with E-state index in [4.69, 9.17) is 5.73 Å². The lowest BCUT2D eigenvalue weighted by atomic mass is 10.2. The molecule has 21 heavy (non-hydrogen) atoms. The first kappa shape index (κ1) is 19.4. The van der Waals surface area contributed by atoms with Gasteiger partial charge in [-0.15, -0.1) is 12.4 Å². The van der Waals surface area contributed by atoms with Crippen LogP contribution in [0.4, 0.5) is 0 Å². The van der Waals surface area contributed by atoms with Gasteiger partial charge in [-0.3, -0.25) is 9.59 Å². The van der Waals surface area contributed by atoms with Gasteiger partial charge in [0.1, 0.15) is 6.04 Å². The molecule has 0 heterocycles. The molecule has 1 amide bonds. The molecule has 0 aliphatic heterocycles. The molecule has 1 aromatic carbocycles. The molecule has 0 fully saturated rings. The predicted molar refractivity (Wildman–Crippen MR) is 78.2 cm³/mol. The molecular weight excluding hydrogens is 320 g/mol. The molecule has 0 radical (unpaired) electrons. The highest BCUT2D eigenvalue weighted by atomic mass is 35.5. The Morgan fingerprint density at radius 3 is 2.38 bits per heavy atom. The SMILES string of the molecule is COC(=O)C(N)CCC(=O)NS(=O)(=O)c1ccccc1.Cl. The topological polar surface area (TPSA) is 116 Å². The van der Waals surface area contributed by atoms with Gasteiger partial charge in [0.05, 0.1) is 12.0 Å². The van der Waals surface area contributed by atoms with E-state index in [1.807, 2.05) is 4.72 Å². The van der Waals surface area contributed by atoms with Crippen molar-refractivity contribution in [3.05, 3.63) is 30.3 Å². The summed E-state index contributed by atoms with van der Waals surface area (Å²) in [5.74, 6) is -1.38. The van der Waals surface area contributed by atoms with Gasteiger partial charge in [-0.05, 0) is 18.6 Å². The number of benzene rings is 1. The monoisotopic (exact) mass is 336 g/mol. The van der Waals surface area contributed by atoms with Crippen LogP contribution in [0.5, 0.6) is 0 Å². The van der Waals surface area contributed by atoms with E-state index in [2.05, 4.69) is 4.74 Å². The largest absolute Gasteiger partial charge is 0.468 e. The molecule has 0 saturated carbocycles. The number of carbonyl (C=O) groups excluding carboxylic acids is 2. The van der Waals surface area contributed by atoms with Crippen molar-refractivity contribution in [2.24, 2.45) is 5.73 Å². The van der Waals surface area contributed by atoms with Crippen molar-refractivity contribution in [2.75, 3.05) is 7.11 Å². The fourth-order valence-corrected chi connectivity index (χ4v) is 2.45. The summed E-state index contributed by atoms with van der Waals surface area (Å²) in [4.78, 5) is 22.6. The minimum atomic E-state index is -3.89. The van der Waals surface area contributed by atoms with Gasteiger partial charge in [-0.2, -0.15) is 0 Å². The lowest BCUT2D eigenvalue weighted by molar-refractivity contribution is -0.142. The summed E-state index contributed by atoms with van der Waals surface area (Å²) in [5.41, 5.74) is 5.45. The molecule has 0 spiro atoms. The van der Waals surface area contributed by atoms with Crippen LogP contribution in [0.25, 0.3) is 0 Å². The molecule has 3 N–H and O–H groups in total. The molecule has 0 aliphatic rings. The Morgan fingerprint density at radius 2 is 1.86 bits per heavy atom. The number of carbonyl (C=O) groups is 2. The normalized spacial score (nSPS) is 11.9. The lowest BCUT2D eigenvalue weighted by Crippen LogP contribution is -2.35. The van der Waals surface area contributed by atoms with Crippen LogP contribution in [0.2, 0.25) is 0 Å². The second-order valence-corrected chi connectivity index (χ2v) is 5.69. The van der Waals surface area contributed by atoms with Gasteiger partial charge in [0.2, 0.25) is 5.91 Å². The van der Waals surface area contributed by atoms with E-state index >= 15 is 0 Å². The Hall–Kier alpha value is -1.64. The molecule has 1 atom stereocenters. The highest BCUT2D eigenvalue weighted by Gasteiger charge is 2.19. The van der Waals surface area contributed by atoms with Crippen molar-refractivity contribution in [1.29, 1.82) is 0 Å². The highest BCUT2D eigenvalue weighted by molar-refractivity contribution is 7.90. The van der Waals surface area contributed by atoms with Crippen LogP contribution < -0.4 is 10.5 Å². The number of rotatable bonds is 6. The van der Waals surface area contributed by atoms with Crippen LogP contribution in [0.1, 0.15) is 12.8 Å². The number of hydrogen-bond donors (Lipinski definition) is 2. The first-order valence-corrected chi connectivity index (χ1v) is 7.29. The van der Waals surface area contributed by atoms with E-state index in [9.17, 15) is 18.0 Å². The number of esters is 1. The number of sulfonamides is 1. The van der Waals surface area contributed by atoms with Gasteiger partial charge in [-0.1, -0.05) is 18.2 Å². The number of halogens is 1. The summed E-state index contributed by atoms with van der Waals surface area (Å²) in [7, 11) is -2.71. The first-order valence-electron chi connectivity index (χ1n) is 5.81. The Labute approximate surface area is 129 Å². The van der Waals surface area contributed by atoms with E-state index in [-0.39, 0.29) is 30.1 Å². The average Bonchev–Trinajstić information content (AvgIpc) is 2.44. The van der Waals surface area contributed by atoms with Gasteiger partial charge in [0.15, 0.2) is 0 Å². The zero-order valence-electron chi connectivity index (χ0n) is 11.3. The van der Waals surface area contributed by atoms with Crippen molar-refractivity contribution < 1.29 is 22.7 Å². The Kier molecular flexibility index (Phi) is 7.93. The zero-order chi connectivity index (χ0) is 15.2.